The number of likely N-dealkylation sites (N-methyl/N-ethyl adjacent to an activating group) is 1. The summed E-state index contributed by atoms with van der Waals surface area (Å²) in [5.74, 6) is -0.0153. The van der Waals surface area contributed by atoms with Crippen LogP contribution in [-0.2, 0) is 9.53 Å². The second-order valence-electron chi connectivity index (χ2n) is 6.91. The Balaban J connectivity index is 2.40. The fourth-order valence-corrected chi connectivity index (χ4v) is 2.32. The molecule has 0 aromatic rings. The molecule has 1 aliphatic rings. The van der Waals surface area contributed by atoms with E-state index >= 15 is 0 Å². The van der Waals surface area contributed by atoms with Crippen LogP contribution in [0.2, 0.25) is 0 Å². The van der Waals surface area contributed by atoms with E-state index in [4.69, 9.17) is 4.74 Å². The first-order valence-corrected chi connectivity index (χ1v) is 7.74. The minimum Gasteiger partial charge on any atom is -0.444 e. The monoisotopic (exact) mass is 311 g/mol. The Kier molecular flexibility index (Phi) is 6.41. The van der Waals surface area contributed by atoms with Crippen LogP contribution in [-0.4, -0.2) is 66.2 Å². The van der Waals surface area contributed by atoms with Crippen molar-refractivity contribution in [3.05, 3.63) is 12.2 Å². The van der Waals surface area contributed by atoms with Gasteiger partial charge in [0.15, 0.2) is 0 Å². The third-order valence-electron chi connectivity index (χ3n) is 3.60. The second kappa shape index (κ2) is 7.63. The molecule has 1 aliphatic heterocycles. The molecule has 0 radical (unpaired) electrons. The molecule has 6 nitrogen and oxygen atoms in total. The van der Waals surface area contributed by atoms with E-state index in [2.05, 4.69) is 24.2 Å². The normalized spacial score (nSPS) is 23.6. The van der Waals surface area contributed by atoms with E-state index < -0.39 is 11.7 Å². The Bertz CT molecular complexity index is 429. The van der Waals surface area contributed by atoms with Crippen molar-refractivity contribution in [3.8, 4) is 0 Å². The minimum absolute atomic E-state index is 0.0153. The van der Waals surface area contributed by atoms with Gasteiger partial charge in [-0.25, -0.2) is 4.79 Å². The summed E-state index contributed by atoms with van der Waals surface area (Å²) < 4.78 is 5.12. The molecule has 1 saturated heterocycles. The predicted octanol–water partition coefficient (Wildman–Crippen LogP) is 1.62. The van der Waals surface area contributed by atoms with Gasteiger partial charge < -0.3 is 15.0 Å². The molecule has 1 heterocycles. The average molecular weight is 311 g/mol. The van der Waals surface area contributed by atoms with Gasteiger partial charge >= 0.3 is 6.09 Å². The zero-order valence-corrected chi connectivity index (χ0v) is 14.5. The Labute approximate surface area is 133 Å². The molecule has 0 aromatic carbocycles. The minimum atomic E-state index is -0.519. The van der Waals surface area contributed by atoms with Crippen molar-refractivity contribution >= 4 is 12.0 Å². The van der Waals surface area contributed by atoms with Crippen molar-refractivity contribution < 1.29 is 14.3 Å². The van der Waals surface area contributed by atoms with Gasteiger partial charge in [0.1, 0.15) is 5.60 Å². The maximum absolute atomic E-state index is 12.2. The van der Waals surface area contributed by atoms with Crippen molar-refractivity contribution in [2.45, 2.75) is 52.3 Å². The molecule has 22 heavy (non-hydrogen) atoms. The van der Waals surface area contributed by atoms with Gasteiger partial charge in [0.25, 0.3) is 0 Å². The van der Waals surface area contributed by atoms with Gasteiger partial charge in [-0.2, -0.15) is 0 Å². The molecular weight excluding hydrogens is 282 g/mol. The predicted molar refractivity (Wildman–Crippen MR) is 86.6 cm³/mol. The van der Waals surface area contributed by atoms with Gasteiger partial charge in [0.05, 0.1) is 0 Å². The summed E-state index contributed by atoms with van der Waals surface area (Å²) in [7, 11) is 2.07. The first-order valence-electron chi connectivity index (χ1n) is 7.74. The first kappa shape index (κ1) is 18.5. The van der Waals surface area contributed by atoms with E-state index in [1.165, 1.54) is 6.08 Å². The zero-order chi connectivity index (χ0) is 16.9. The van der Waals surface area contributed by atoms with Gasteiger partial charge in [0, 0.05) is 37.8 Å². The van der Waals surface area contributed by atoms with Crippen LogP contribution in [0.5, 0.6) is 0 Å². The fraction of sp³-hybridized carbons (Fsp3) is 0.750. The molecule has 1 N–H and O–H groups in total. The topological polar surface area (TPSA) is 61.9 Å². The number of ether oxygens (including phenoxy) is 1. The number of alkyl carbamates (subject to hydrolysis) is 1. The molecule has 1 rings (SSSR count). The SMILES string of the molecule is CC1CN(C(=O)/C=C/CNC(=O)OC(C)(C)C)C(C)CN1C. The number of hydrogen-bond donors (Lipinski definition) is 1. The summed E-state index contributed by atoms with van der Waals surface area (Å²) >= 11 is 0. The molecule has 1 fully saturated rings. The van der Waals surface area contributed by atoms with E-state index in [1.807, 2.05) is 32.6 Å². The number of amides is 2. The summed E-state index contributed by atoms with van der Waals surface area (Å²) in [6, 6.07) is 0.547. The van der Waals surface area contributed by atoms with Gasteiger partial charge in [-0.3, -0.25) is 9.69 Å². The van der Waals surface area contributed by atoms with Crippen molar-refractivity contribution in [1.82, 2.24) is 15.1 Å². The average Bonchev–Trinajstić information content (AvgIpc) is 2.36. The molecule has 0 aromatic heterocycles. The van der Waals surface area contributed by atoms with E-state index in [-0.39, 0.29) is 18.5 Å². The third kappa shape index (κ3) is 6.05. The summed E-state index contributed by atoms with van der Waals surface area (Å²) in [6.07, 6.45) is 2.69. The van der Waals surface area contributed by atoms with E-state index in [9.17, 15) is 9.59 Å². The Hall–Kier alpha value is -1.56. The highest BCUT2D eigenvalue weighted by atomic mass is 16.6. The maximum Gasteiger partial charge on any atom is 0.407 e. The summed E-state index contributed by atoms with van der Waals surface area (Å²) in [6.45, 7) is 11.5. The van der Waals surface area contributed by atoms with Gasteiger partial charge in [-0.15, -0.1) is 0 Å². The van der Waals surface area contributed by atoms with E-state index in [1.54, 1.807) is 6.08 Å². The molecule has 0 aliphatic carbocycles. The number of nitrogens with zero attached hydrogens (tertiary/aromatic N) is 2. The van der Waals surface area contributed by atoms with E-state index in [0.29, 0.717) is 6.04 Å². The third-order valence-corrected chi connectivity index (χ3v) is 3.60. The van der Waals surface area contributed by atoms with Crippen LogP contribution in [0.1, 0.15) is 34.6 Å². The highest BCUT2D eigenvalue weighted by molar-refractivity contribution is 5.88. The summed E-state index contributed by atoms with van der Waals surface area (Å²) in [5.41, 5.74) is -0.519. The Morgan fingerprint density at radius 2 is 1.86 bits per heavy atom. The second-order valence-corrected chi connectivity index (χ2v) is 6.91. The number of carbonyl (C=O) groups is 2. The van der Waals surface area contributed by atoms with Crippen LogP contribution in [0.15, 0.2) is 12.2 Å². The number of rotatable bonds is 3. The van der Waals surface area contributed by atoms with Crippen molar-refractivity contribution in [2.75, 3.05) is 26.7 Å². The lowest BCUT2D eigenvalue weighted by molar-refractivity contribution is -0.131. The molecule has 2 atom stereocenters. The molecule has 0 saturated carbocycles. The number of nitrogens with one attached hydrogen (secondary N) is 1. The van der Waals surface area contributed by atoms with Crippen LogP contribution in [0, 0.1) is 0 Å². The molecule has 0 spiro atoms. The van der Waals surface area contributed by atoms with Crippen LogP contribution >= 0.6 is 0 Å². The van der Waals surface area contributed by atoms with Gasteiger partial charge in [-0.1, -0.05) is 6.08 Å². The molecule has 2 amide bonds. The summed E-state index contributed by atoms with van der Waals surface area (Å²) in [5, 5.41) is 2.60. The Morgan fingerprint density at radius 3 is 2.45 bits per heavy atom. The zero-order valence-electron chi connectivity index (χ0n) is 14.5. The van der Waals surface area contributed by atoms with Crippen LogP contribution in [0.3, 0.4) is 0 Å². The molecule has 6 heteroatoms. The standard InChI is InChI=1S/C16H29N3O3/c1-12-11-19(13(2)10-18(12)6)14(20)8-7-9-17-15(21)22-16(3,4)5/h7-8,12-13H,9-11H2,1-6H3,(H,17,21)/b8-7+. The lowest BCUT2D eigenvalue weighted by Gasteiger charge is -2.42. The van der Waals surface area contributed by atoms with Crippen LogP contribution in [0.4, 0.5) is 4.79 Å². The van der Waals surface area contributed by atoms with Crippen LogP contribution < -0.4 is 5.32 Å². The highest BCUT2D eigenvalue weighted by Gasteiger charge is 2.28. The fourth-order valence-electron chi connectivity index (χ4n) is 2.32. The van der Waals surface area contributed by atoms with Crippen molar-refractivity contribution in [1.29, 1.82) is 0 Å². The molecule has 126 valence electrons. The number of piperazine rings is 1. The Morgan fingerprint density at radius 1 is 1.23 bits per heavy atom. The lowest BCUT2D eigenvalue weighted by atomic mass is 10.1. The van der Waals surface area contributed by atoms with Gasteiger partial charge in [0.2, 0.25) is 5.91 Å². The molecule has 2 unspecified atom stereocenters. The van der Waals surface area contributed by atoms with E-state index in [0.717, 1.165) is 13.1 Å². The smallest absolute Gasteiger partial charge is 0.407 e. The molecular formula is C16H29N3O3. The van der Waals surface area contributed by atoms with Crippen molar-refractivity contribution in [2.24, 2.45) is 0 Å². The number of hydrogen-bond acceptors (Lipinski definition) is 4. The quantitative estimate of drug-likeness (QED) is 0.805. The van der Waals surface area contributed by atoms with Crippen LogP contribution in [0.25, 0.3) is 0 Å². The highest BCUT2D eigenvalue weighted by Crippen LogP contribution is 2.13. The largest absolute Gasteiger partial charge is 0.444 e. The summed E-state index contributed by atoms with van der Waals surface area (Å²) in [4.78, 5) is 27.8. The van der Waals surface area contributed by atoms with Crippen molar-refractivity contribution in [3.63, 3.8) is 0 Å². The number of carbonyl (C=O) groups excluding carboxylic acids is 2. The first-order chi connectivity index (χ1) is 10.1. The maximum atomic E-state index is 12.2. The molecule has 0 bridgehead atoms. The lowest BCUT2D eigenvalue weighted by Crippen LogP contribution is -2.56. The van der Waals surface area contributed by atoms with Gasteiger partial charge in [-0.05, 0) is 41.7 Å².